The average molecular weight is 329 g/mol. The van der Waals surface area contributed by atoms with Crippen molar-refractivity contribution in [3.8, 4) is 0 Å². The van der Waals surface area contributed by atoms with Crippen LogP contribution in [0.25, 0.3) is 4.96 Å². The van der Waals surface area contributed by atoms with Crippen LogP contribution in [0.15, 0.2) is 41.0 Å². The highest BCUT2D eigenvalue weighted by Crippen LogP contribution is 2.21. The average Bonchev–Trinajstić information content (AvgIpc) is 3.26. The van der Waals surface area contributed by atoms with E-state index < -0.39 is 0 Å². The van der Waals surface area contributed by atoms with Gasteiger partial charge in [0.25, 0.3) is 11.5 Å². The smallest absolute Gasteiger partial charge is 0.271 e. The van der Waals surface area contributed by atoms with Crippen LogP contribution in [0.4, 0.5) is 0 Å². The first-order chi connectivity index (χ1) is 11.2. The van der Waals surface area contributed by atoms with Crippen LogP contribution in [0, 0.1) is 0 Å². The molecule has 0 aromatic carbocycles. The molecule has 1 amide bonds. The van der Waals surface area contributed by atoms with Gasteiger partial charge in [0.05, 0.1) is 6.04 Å². The zero-order valence-electron chi connectivity index (χ0n) is 12.3. The fourth-order valence-electron chi connectivity index (χ4n) is 2.99. The fourth-order valence-corrected chi connectivity index (χ4v) is 3.67. The van der Waals surface area contributed by atoms with Crippen LogP contribution in [0.5, 0.6) is 0 Å². The fraction of sp³-hybridized carbons (Fsp3) is 0.333. The molecule has 1 aliphatic rings. The Bertz CT molecular complexity index is 898. The summed E-state index contributed by atoms with van der Waals surface area (Å²) < 4.78 is 3.31. The molecule has 4 rings (SSSR count). The zero-order valence-corrected chi connectivity index (χ0v) is 13.1. The Morgan fingerprint density at radius 3 is 3.09 bits per heavy atom. The van der Waals surface area contributed by atoms with Crippen molar-refractivity contribution in [2.75, 3.05) is 13.1 Å². The molecule has 0 unspecified atom stereocenters. The van der Waals surface area contributed by atoms with E-state index in [1.54, 1.807) is 22.7 Å². The summed E-state index contributed by atoms with van der Waals surface area (Å²) in [4.78, 5) is 31.7. The molecule has 0 N–H and O–H groups in total. The molecular weight excluding hydrogens is 314 g/mol. The van der Waals surface area contributed by atoms with Crippen molar-refractivity contribution >= 4 is 22.2 Å². The molecule has 118 valence electrons. The Morgan fingerprint density at radius 1 is 1.35 bits per heavy atom. The molecule has 3 aromatic heterocycles. The first-order valence-electron chi connectivity index (χ1n) is 7.47. The number of amides is 1. The van der Waals surface area contributed by atoms with Gasteiger partial charge in [0.15, 0.2) is 4.96 Å². The summed E-state index contributed by atoms with van der Waals surface area (Å²) in [6, 6.07) is 2.03. The second-order valence-electron chi connectivity index (χ2n) is 5.57. The number of rotatable bonds is 2. The predicted octanol–water partition coefficient (Wildman–Crippen LogP) is 1.43. The molecule has 7 nitrogen and oxygen atoms in total. The summed E-state index contributed by atoms with van der Waals surface area (Å²) in [6.07, 6.45) is 8.56. The van der Waals surface area contributed by atoms with Gasteiger partial charge in [0, 0.05) is 43.3 Å². The predicted molar refractivity (Wildman–Crippen MR) is 85.7 cm³/mol. The normalized spacial score (nSPS) is 18.4. The Morgan fingerprint density at radius 2 is 2.26 bits per heavy atom. The van der Waals surface area contributed by atoms with E-state index in [9.17, 15) is 9.59 Å². The molecule has 1 atom stereocenters. The lowest BCUT2D eigenvalue weighted by molar-refractivity contribution is 0.0670. The summed E-state index contributed by atoms with van der Waals surface area (Å²) >= 11 is 1.37. The van der Waals surface area contributed by atoms with Crippen LogP contribution >= 0.6 is 11.3 Å². The van der Waals surface area contributed by atoms with E-state index in [-0.39, 0.29) is 23.1 Å². The van der Waals surface area contributed by atoms with Gasteiger partial charge in [0.1, 0.15) is 5.56 Å². The molecule has 1 fully saturated rings. The van der Waals surface area contributed by atoms with Gasteiger partial charge in [-0.25, -0.2) is 4.98 Å². The molecule has 8 heteroatoms. The molecular formula is C15H15N5O2S. The van der Waals surface area contributed by atoms with Crippen molar-refractivity contribution in [3.05, 3.63) is 52.2 Å². The summed E-state index contributed by atoms with van der Waals surface area (Å²) in [5.74, 6) is -0.250. The number of thiazole rings is 1. The standard InChI is InChI=1S/C15H15N5O2S/c21-13(12-9-16-15-19(14(12)22)7-8-23-15)18-5-1-3-11(10-18)20-6-2-4-17-20/h2,4,6-9,11H,1,3,5,10H2/t11-/m0/s1. The largest absolute Gasteiger partial charge is 0.336 e. The first kappa shape index (κ1) is 14.1. The summed E-state index contributed by atoms with van der Waals surface area (Å²) in [7, 11) is 0. The molecule has 1 aliphatic heterocycles. The van der Waals surface area contributed by atoms with Gasteiger partial charge in [0.2, 0.25) is 0 Å². The lowest BCUT2D eigenvalue weighted by Crippen LogP contribution is -2.43. The molecule has 0 aliphatic carbocycles. The Balaban J connectivity index is 1.62. The van der Waals surface area contributed by atoms with E-state index in [1.807, 2.05) is 16.9 Å². The van der Waals surface area contributed by atoms with E-state index in [0.29, 0.717) is 18.1 Å². The number of likely N-dealkylation sites (tertiary alicyclic amines) is 1. The molecule has 23 heavy (non-hydrogen) atoms. The van der Waals surface area contributed by atoms with Crippen molar-refractivity contribution < 1.29 is 4.79 Å². The van der Waals surface area contributed by atoms with E-state index in [4.69, 9.17) is 0 Å². The molecule has 1 saturated heterocycles. The molecule has 4 heterocycles. The highest BCUT2D eigenvalue weighted by atomic mass is 32.1. The minimum atomic E-state index is -0.303. The monoisotopic (exact) mass is 329 g/mol. The number of hydrogen-bond donors (Lipinski definition) is 0. The van der Waals surface area contributed by atoms with E-state index in [2.05, 4.69) is 10.1 Å². The van der Waals surface area contributed by atoms with Gasteiger partial charge in [-0.1, -0.05) is 0 Å². The molecule has 0 saturated carbocycles. The summed E-state index contributed by atoms with van der Waals surface area (Å²) in [6.45, 7) is 1.22. The number of carbonyl (C=O) groups excluding carboxylic acids is 1. The van der Waals surface area contributed by atoms with Crippen molar-refractivity contribution in [1.82, 2.24) is 24.1 Å². The van der Waals surface area contributed by atoms with Gasteiger partial charge >= 0.3 is 0 Å². The van der Waals surface area contributed by atoms with Crippen LogP contribution in [-0.2, 0) is 0 Å². The number of fused-ring (bicyclic) bond motifs is 1. The van der Waals surface area contributed by atoms with Gasteiger partial charge in [-0.2, -0.15) is 5.10 Å². The summed E-state index contributed by atoms with van der Waals surface area (Å²) in [5.41, 5.74) is -0.176. The molecule has 0 radical (unpaired) electrons. The summed E-state index contributed by atoms with van der Waals surface area (Å²) in [5, 5.41) is 6.04. The minimum absolute atomic E-state index is 0.127. The van der Waals surface area contributed by atoms with E-state index in [0.717, 1.165) is 12.8 Å². The number of nitrogens with zero attached hydrogens (tertiary/aromatic N) is 5. The third-order valence-electron chi connectivity index (χ3n) is 4.16. The van der Waals surface area contributed by atoms with Gasteiger partial charge in [-0.05, 0) is 18.9 Å². The second-order valence-corrected chi connectivity index (χ2v) is 6.44. The van der Waals surface area contributed by atoms with Crippen molar-refractivity contribution in [2.45, 2.75) is 18.9 Å². The third-order valence-corrected chi connectivity index (χ3v) is 4.93. The lowest BCUT2D eigenvalue weighted by atomic mass is 10.1. The maximum absolute atomic E-state index is 12.7. The first-order valence-corrected chi connectivity index (χ1v) is 8.35. The van der Waals surface area contributed by atoms with Crippen molar-refractivity contribution in [1.29, 1.82) is 0 Å². The van der Waals surface area contributed by atoms with Crippen LogP contribution in [-0.4, -0.2) is 43.1 Å². The van der Waals surface area contributed by atoms with Crippen LogP contribution in [0.1, 0.15) is 29.2 Å². The molecule has 3 aromatic rings. The number of aromatic nitrogens is 4. The van der Waals surface area contributed by atoms with E-state index in [1.165, 1.54) is 21.9 Å². The van der Waals surface area contributed by atoms with Crippen molar-refractivity contribution in [2.24, 2.45) is 0 Å². The van der Waals surface area contributed by atoms with Crippen molar-refractivity contribution in [3.63, 3.8) is 0 Å². The third kappa shape index (κ3) is 2.44. The maximum atomic E-state index is 12.7. The van der Waals surface area contributed by atoms with Gasteiger partial charge in [-0.15, -0.1) is 11.3 Å². The number of carbonyl (C=O) groups is 1. The van der Waals surface area contributed by atoms with Crippen LogP contribution in [0.3, 0.4) is 0 Å². The van der Waals surface area contributed by atoms with E-state index >= 15 is 0 Å². The molecule has 0 bridgehead atoms. The quantitative estimate of drug-likeness (QED) is 0.713. The Hall–Kier alpha value is -2.48. The number of piperidine rings is 1. The highest BCUT2D eigenvalue weighted by molar-refractivity contribution is 7.15. The topological polar surface area (TPSA) is 72.5 Å². The second kappa shape index (κ2) is 5.62. The lowest BCUT2D eigenvalue weighted by Gasteiger charge is -2.32. The SMILES string of the molecule is O=C(c1cnc2sccn2c1=O)N1CCC[C@H](n2cccn2)C1. The minimum Gasteiger partial charge on any atom is -0.336 e. The van der Waals surface area contributed by atoms with Gasteiger partial charge < -0.3 is 4.90 Å². The Labute approximate surface area is 135 Å². The van der Waals surface area contributed by atoms with Gasteiger partial charge in [-0.3, -0.25) is 18.7 Å². The van der Waals surface area contributed by atoms with Crippen LogP contribution < -0.4 is 5.56 Å². The number of hydrogen-bond acceptors (Lipinski definition) is 5. The highest BCUT2D eigenvalue weighted by Gasteiger charge is 2.27. The zero-order chi connectivity index (χ0) is 15.8. The molecule has 0 spiro atoms. The van der Waals surface area contributed by atoms with Crippen LogP contribution in [0.2, 0.25) is 0 Å². The Kier molecular flexibility index (Phi) is 3.45. The maximum Gasteiger partial charge on any atom is 0.271 e.